The van der Waals surface area contributed by atoms with E-state index in [1.165, 1.54) is 24.0 Å². The molecule has 1 aliphatic rings. The summed E-state index contributed by atoms with van der Waals surface area (Å²) in [5.41, 5.74) is 3.11. The Hall–Kier alpha value is -0.860. The van der Waals surface area contributed by atoms with Crippen LogP contribution < -0.4 is 5.32 Å². The summed E-state index contributed by atoms with van der Waals surface area (Å²) in [6.07, 6.45) is 2.43. The van der Waals surface area contributed by atoms with Crippen molar-refractivity contribution in [1.29, 1.82) is 0 Å². The topological polar surface area (TPSA) is 15.3 Å². The molecular formula is C17H28N2. The first kappa shape index (κ1) is 14.5. The normalized spacial score (nSPS) is 23.5. The number of benzene rings is 1. The van der Waals surface area contributed by atoms with Crippen molar-refractivity contribution in [3.8, 4) is 0 Å². The van der Waals surface area contributed by atoms with Crippen LogP contribution in [0.2, 0.25) is 0 Å². The van der Waals surface area contributed by atoms with Crippen LogP contribution in [0.25, 0.3) is 0 Å². The molecule has 1 fully saturated rings. The van der Waals surface area contributed by atoms with Crippen molar-refractivity contribution in [2.45, 2.75) is 58.7 Å². The molecule has 0 amide bonds. The Labute approximate surface area is 118 Å². The Bertz CT molecular complexity index is 392. The van der Waals surface area contributed by atoms with Crippen molar-refractivity contribution in [2.24, 2.45) is 0 Å². The molecular weight excluding hydrogens is 232 g/mol. The van der Waals surface area contributed by atoms with Gasteiger partial charge in [-0.1, -0.05) is 43.7 Å². The van der Waals surface area contributed by atoms with E-state index < -0.39 is 0 Å². The molecule has 1 unspecified atom stereocenters. The lowest BCUT2D eigenvalue weighted by atomic mass is 9.87. The fourth-order valence-corrected chi connectivity index (χ4v) is 3.16. The van der Waals surface area contributed by atoms with Crippen molar-refractivity contribution in [1.82, 2.24) is 10.2 Å². The Morgan fingerprint density at radius 3 is 2.42 bits per heavy atom. The van der Waals surface area contributed by atoms with E-state index in [2.05, 4.69) is 62.2 Å². The zero-order valence-corrected chi connectivity index (χ0v) is 12.9. The third-order valence-corrected chi connectivity index (χ3v) is 4.75. The van der Waals surface area contributed by atoms with E-state index in [-0.39, 0.29) is 0 Å². The summed E-state index contributed by atoms with van der Waals surface area (Å²) in [4.78, 5) is 2.69. The molecule has 2 rings (SSSR count). The van der Waals surface area contributed by atoms with E-state index in [9.17, 15) is 0 Å². The smallest absolute Gasteiger partial charge is 0.0333 e. The molecule has 0 bridgehead atoms. The van der Waals surface area contributed by atoms with Crippen LogP contribution in [0.5, 0.6) is 0 Å². The van der Waals surface area contributed by atoms with Gasteiger partial charge in [0.25, 0.3) is 0 Å². The molecule has 2 heteroatoms. The molecule has 0 spiro atoms. The average Bonchev–Trinajstić information content (AvgIpc) is 2.42. The number of hydrogen-bond donors (Lipinski definition) is 1. The highest BCUT2D eigenvalue weighted by Gasteiger charge is 2.37. The van der Waals surface area contributed by atoms with Crippen LogP contribution in [0.3, 0.4) is 0 Å². The fraction of sp³-hybridized carbons (Fsp3) is 0.647. The van der Waals surface area contributed by atoms with E-state index >= 15 is 0 Å². The summed E-state index contributed by atoms with van der Waals surface area (Å²) >= 11 is 0. The zero-order chi connectivity index (χ0) is 13.9. The van der Waals surface area contributed by atoms with Crippen LogP contribution in [0.1, 0.15) is 44.7 Å². The molecule has 1 aromatic carbocycles. The maximum atomic E-state index is 3.66. The lowest BCUT2D eigenvalue weighted by Gasteiger charge is -2.49. The molecule has 0 saturated carbocycles. The van der Waals surface area contributed by atoms with Gasteiger partial charge in [-0.3, -0.25) is 4.90 Å². The van der Waals surface area contributed by atoms with Crippen LogP contribution in [0.15, 0.2) is 24.3 Å². The summed E-state index contributed by atoms with van der Waals surface area (Å²) < 4.78 is 0. The number of aryl methyl sites for hydroxylation is 1. The van der Waals surface area contributed by atoms with Crippen LogP contribution in [-0.4, -0.2) is 29.6 Å². The molecule has 0 aromatic heterocycles. The molecule has 106 valence electrons. The van der Waals surface area contributed by atoms with Gasteiger partial charge in [-0.15, -0.1) is 0 Å². The molecule has 19 heavy (non-hydrogen) atoms. The first-order chi connectivity index (χ1) is 9.09. The average molecular weight is 260 g/mol. The van der Waals surface area contributed by atoms with Gasteiger partial charge in [0.15, 0.2) is 0 Å². The van der Waals surface area contributed by atoms with Crippen LogP contribution in [0, 0.1) is 6.92 Å². The predicted molar refractivity (Wildman–Crippen MR) is 82.4 cm³/mol. The van der Waals surface area contributed by atoms with Crippen molar-refractivity contribution < 1.29 is 0 Å². The maximum absolute atomic E-state index is 3.66. The van der Waals surface area contributed by atoms with E-state index in [1.54, 1.807) is 0 Å². The molecule has 1 atom stereocenters. The van der Waals surface area contributed by atoms with Crippen molar-refractivity contribution >= 4 is 0 Å². The highest BCUT2D eigenvalue weighted by molar-refractivity contribution is 5.21. The second-order valence-electron chi connectivity index (χ2n) is 6.08. The lowest BCUT2D eigenvalue weighted by Crippen LogP contribution is -2.63. The van der Waals surface area contributed by atoms with E-state index in [1.807, 2.05) is 0 Å². The Morgan fingerprint density at radius 2 is 1.84 bits per heavy atom. The molecule has 1 aliphatic heterocycles. The van der Waals surface area contributed by atoms with E-state index in [0.29, 0.717) is 11.6 Å². The molecule has 2 nitrogen and oxygen atoms in total. The SMILES string of the molecule is CCC1(CC)CNC(C)CN1Cc1ccc(C)cc1. The predicted octanol–water partition coefficient (Wildman–Crippen LogP) is 3.35. The maximum Gasteiger partial charge on any atom is 0.0333 e. The highest BCUT2D eigenvalue weighted by atomic mass is 15.3. The van der Waals surface area contributed by atoms with Crippen LogP contribution >= 0.6 is 0 Å². The molecule has 1 saturated heterocycles. The van der Waals surface area contributed by atoms with E-state index in [4.69, 9.17) is 0 Å². The van der Waals surface area contributed by atoms with Crippen LogP contribution in [-0.2, 0) is 6.54 Å². The lowest BCUT2D eigenvalue weighted by molar-refractivity contribution is 0.0278. The summed E-state index contributed by atoms with van der Waals surface area (Å²) in [7, 11) is 0. The molecule has 1 aromatic rings. The zero-order valence-electron chi connectivity index (χ0n) is 12.9. The van der Waals surface area contributed by atoms with Gasteiger partial charge < -0.3 is 5.32 Å². The summed E-state index contributed by atoms with van der Waals surface area (Å²) in [5, 5.41) is 3.66. The third-order valence-electron chi connectivity index (χ3n) is 4.75. The summed E-state index contributed by atoms with van der Waals surface area (Å²) in [5.74, 6) is 0. The second kappa shape index (κ2) is 6.06. The minimum atomic E-state index is 0.331. The first-order valence-electron chi connectivity index (χ1n) is 7.63. The molecule has 1 N–H and O–H groups in total. The minimum Gasteiger partial charge on any atom is -0.311 e. The number of hydrogen-bond acceptors (Lipinski definition) is 2. The van der Waals surface area contributed by atoms with Gasteiger partial charge in [0.1, 0.15) is 0 Å². The van der Waals surface area contributed by atoms with Crippen molar-refractivity contribution in [2.75, 3.05) is 13.1 Å². The van der Waals surface area contributed by atoms with Gasteiger partial charge in [-0.05, 0) is 32.3 Å². The standard InChI is InChI=1S/C17H28N2/c1-5-17(6-2)13-18-15(4)11-19(17)12-16-9-7-14(3)8-10-16/h7-10,15,18H,5-6,11-13H2,1-4H3. The van der Waals surface area contributed by atoms with Crippen molar-refractivity contribution in [3.63, 3.8) is 0 Å². The molecule has 0 aliphatic carbocycles. The largest absolute Gasteiger partial charge is 0.311 e. The Morgan fingerprint density at radius 1 is 1.21 bits per heavy atom. The van der Waals surface area contributed by atoms with Gasteiger partial charge in [0.05, 0.1) is 0 Å². The Balaban J connectivity index is 2.16. The fourth-order valence-electron chi connectivity index (χ4n) is 3.16. The van der Waals surface area contributed by atoms with E-state index in [0.717, 1.165) is 19.6 Å². The number of nitrogens with zero attached hydrogens (tertiary/aromatic N) is 1. The van der Waals surface area contributed by atoms with Gasteiger partial charge in [0, 0.05) is 31.2 Å². The molecule has 0 radical (unpaired) electrons. The first-order valence-corrected chi connectivity index (χ1v) is 7.63. The molecule has 1 heterocycles. The monoisotopic (exact) mass is 260 g/mol. The van der Waals surface area contributed by atoms with Crippen molar-refractivity contribution in [3.05, 3.63) is 35.4 Å². The van der Waals surface area contributed by atoms with Crippen LogP contribution in [0.4, 0.5) is 0 Å². The second-order valence-corrected chi connectivity index (χ2v) is 6.08. The number of rotatable bonds is 4. The number of nitrogens with one attached hydrogen (secondary N) is 1. The number of piperazine rings is 1. The summed E-state index contributed by atoms with van der Waals surface area (Å²) in [6.45, 7) is 12.4. The Kier molecular flexibility index (Phi) is 4.64. The van der Waals surface area contributed by atoms with Gasteiger partial charge in [0.2, 0.25) is 0 Å². The highest BCUT2D eigenvalue weighted by Crippen LogP contribution is 2.28. The van der Waals surface area contributed by atoms with Gasteiger partial charge in [-0.25, -0.2) is 0 Å². The summed E-state index contributed by atoms with van der Waals surface area (Å²) in [6, 6.07) is 9.59. The third kappa shape index (κ3) is 3.18. The quantitative estimate of drug-likeness (QED) is 0.893. The van der Waals surface area contributed by atoms with Gasteiger partial charge in [-0.2, -0.15) is 0 Å². The van der Waals surface area contributed by atoms with Gasteiger partial charge >= 0.3 is 0 Å². The minimum absolute atomic E-state index is 0.331.